The van der Waals surface area contributed by atoms with Gasteiger partial charge in [-0.2, -0.15) is 0 Å². The second-order valence-corrected chi connectivity index (χ2v) is 5.00. The van der Waals surface area contributed by atoms with E-state index in [1.54, 1.807) is 0 Å². The quantitative estimate of drug-likeness (QED) is 0.688. The number of rotatable bonds is 2. The molecule has 3 nitrogen and oxygen atoms in total. The Morgan fingerprint density at radius 1 is 1.50 bits per heavy atom. The van der Waals surface area contributed by atoms with Crippen LogP contribution in [-0.4, -0.2) is 24.7 Å². The summed E-state index contributed by atoms with van der Waals surface area (Å²) in [7, 11) is 0. The molecule has 1 rings (SSSR count). The van der Waals surface area contributed by atoms with Gasteiger partial charge in [0.2, 0.25) is 0 Å². The van der Waals surface area contributed by atoms with Gasteiger partial charge in [0.1, 0.15) is 5.60 Å². The summed E-state index contributed by atoms with van der Waals surface area (Å²) in [6, 6.07) is 0. The maximum atomic E-state index is 11.5. The van der Waals surface area contributed by atoms with E-state index in [2.05, 4.69) is 5.32 Å². The molecule has 0 aromatic carbocycles. The van der Waals surface area contributed by atoms with Crippen molar-refractivity contribution in [3.8, 4) is 0 Å². The molecule has 0 saturated carbocycles. The van der Waals surface area contributed by atoms with Gasteiger partial charge in [-0.25, -0.2) is 0 Å². The SMILES string of the molecule is CC(C)(C)OC(=O)C[C@H]1CCCNC1. The first-order chi connectivity index (χ1) is 6.47. The number of ether oxygens (including phenoxy) is 1. The highest BCUT2D eigenvalue weighted by Gasteiger charge is 2.21. The van der Waals surface area contributed by atoms with Crippen molar-refractivity contribution in [1.82, 2.24) is 5.32 Å². The predicted molar refractivity (Wildman–Crippen MR) is 56.1 cm³/mol. The molecule has 0 aliphatic carbocycles. The van der Waals surface area contributed by atoms with Crippen molar-refractivity contribution in [2.24, 2.45) is 5.92 Å². The molecule has 1 heterocycles. The van der Waals surface area contributed by atoms with E-state index in [4.69, 9.17) is 4.74 Å². The number of hydrogen-bond donors (Lipinski definition) is 1. The molecule has 0 aromatic rings. The molecule has 1 fully saturated rings. The molecular formula is C11H21NO2. The third-order valence-corrected chi connectivity index (χ3v) is 2.27. The van der Waals surface area contributed by atoms with E-state index in [9.17, 15) is 4.79 Å². The third-order valence-electron chi connectivity index (χ3n) is 2.27. The lowest BCUT2D eigenvalue weighted by Gasteiger charge is -2.24. The lowest BCUT2D eigenvalue weighted by molar-refractivity contribution is -0.156. The van der Waals surface area contributed by atoms with Crippen LogP contribution in [-0.2, 0) is 9.53 Å². The number of piperidine rings is 1. The minimum Gasteiger partial charge on any atom is -0.460 e. The van der Waals surface area contributed by atoms with Gasteiger partial charge >= 0.3 is 5.97 Å². The smallest absolute Gasteiger partial charge is 0.306 e. The van der Waals surface area contributed by atoms with Crippen molar-refractivity contribution >= 4 is 5.97 Å². The summed E-state index contributed by atoms with van der Waals surface area (Å²) in [4.78, 5) is 11.5. The Morgan fingerprint density at radius 3 is 2.71 bits per heavy atom. The average molecular weight is 199 g/mol. The molecular weight excluding hydrogens is 178 g/mol. The normalized spacial score (nSPS) is 23.2. The summed E-state index contributed by atoms with van der Waals surface area (Å²) in [6.45, 7) is 7.77. The molecule has 0 amide bonds. The van der Waals surface area contributed by atoms with Gasteiger partial charge in [0.25, 0.3) is 0 Å². The molecule has 14 heavy (non-hydrogen) atoms. The van der Waals surface area contributed by atoms with Crippen LogP contribution in [0.1, 0.15) is 40.0 Å². The highest BCUT2D eigenvalue weighted by molar-refractivity contribution is 5.70. The summed E-state index contributed by atoms with van der Waals surface area (Å²) in [5, 5.41) is 3.30. The monoisotopic (exact) mass is 199 g/mol. The number of esters is 1. The number of carbonyl (C=O) groups is 1. The average Bonchev–Trinajstić information content (AvgIpc) is 2.02. The van der Waals surface area contributed by atoms with Crippen LogP contribution in [0.25, 0.3) is 0 Å². The Morgan fingerprint density at radius 2 is 2.21 bits per heavy atom. The number of hydrogen-bond acceptors (Lipinski definition) is 3. The second kappa shape index (κ2) is 4.78. The molecule has 1 N–H and O–H groups in total. The summed E-state index contributed by atoms with van der Waals surface area (Å²) >= 11 is 0. The van der Waals surface area contributed by atoms with Crippen LogP contribution in [0.5, 0.6) is 0 Å². The minimum atomic E-state index is -0.348. The molecule has 0 unspecified atom stereocenters. The summed E-state index contributed by atoms with van der Waals surface area (Å²) in [6.07, 6.45) is 2.88. The molecule has 1 atom stereocenters. The van der Waals surface area contributed by atoms with Gasteiger partial charge in [0, 0.05) is 6.42 Å². The van der Waals surface area contributed by atoms with Crippen molar-refractivity contribution in [3.63, 3.8) is 0 Å². The fraction of sp³-hybridized carbons (Fsp3) is 0.909. The van der Waals surface area contributed by atoms with E-state index in [-0.39, 0.29) is 11.6 Å². The highest BCUT2D eigenvalue weighted by Crippen LogP contribution is 2.17. The van der Waals surface area contributed by atoms with Crippen molar-refractivity contribution in [3.05, 3.63) is 0 Å². The van der Waals surface area contributed by atoms with Gasteiger partial charge in [-0.3, -0.25) is 4.79 Å². The number of nitrogens with one attached hydrogen (secondary N) is 1. The highest BCUT2D eigenvalue weighted by atomic mass is 16.6. The van der Waals surface area contributed by atoms with E-state index in [0.29, 0.717) is 12.3 Å². The Hall–Kier alpha value is -0.570. The van der Waals surface area contributed by atoms with Gasteiger partial charge in [-0.15, -0.1) is 0 Å². The zero-order valence-electron chi connectivity index (χ0n) is 9.43. The zero-order valence-corrected chi connectivity index (χ0v) is 9.43. The fourth-order valence-electron chi connectivity index (χ4n) is 1.72. The van der Waals surface area contributed by atoms with Crippen molar-refractivity contribution in [2.75, 3.05) is 13.1 Å². The first-order valence-corrected chi connectivity index (χ1v) is 5.40. The van der Waals surface area contributed by atoms with Crippen molar-refractivity contribution in [1.29, 1.82) is 0 Å². The van der Waals surface area contributed by atoms with Gasteiger partial charge in [0.05, 0.1) is 0 Å². The fourth-order valence-corrected chi connectivity index (χ4v) is 1.72. The Bertz CT molecular complexity index is 190. The van der Waals surface area contributed by atoms with Crippen molar-refractivity contribution < 1.29 is 9.53 Å². The minimum absolute atomic E-state index is 0.0637. The van der Waals surface area contributed by atoms with Gasteiger partial charge < -0.3 is 10.1 Å². The van der Waals surface area contributed by atoms with Crippen LogP contribution in [0.3, 0.4) is 0 Å². The zero-order chi connectivity index (χ0) is 10.6. The van der Waals surface area contributed by atoms with E-state index < -0.39 is 0 Å². The molecule has 0 aromatic heterocycles. The predicted octanol–water partition coefficient (Wildman–Crippen LogP) is 1.72. The molecule has 0 spiro atoms. The molecule has 1 saturated heterocycles. The van der Waals surface area contributed by atoms with E-state index in [1.165, 1.54) is 6.42 Å². The maximum absolute atomic E-state index is 11.5. The Kier molecular flexibility index (Phi) is 3.93. The Balaban J connectivity index is 2.25. The van der Waals surface area contributed by atoms with E-state index in [1.807, 2.05) is 20.8 Å². The number of carbonyl (C=O) groups excluding carboxylic acids is 1. The largest absolute Gasteiger partial charge is 0.460 e. The first kappa shape index (κ1) is 11.5. The van der Waals surface area contributed by atoms with Crippen LogP contribution < -0.4 is 5.32 Å². The molecule has 82 valence electrons. The first-order valence-electron chi connectivity index (χ1n) is 5.40. The van der Waals surface area contributed by atoms with Crippen LogP contribution in [0.4, 0.5) is 0 Å². The molecule has 0 radical (unpaired) electrons. The van der Waals surface area contributed by atoms with Crippen LogP contribution >= 0.6 is 0 Å². The summed E-state index contributed by atoms with van der Waals surface area (Å²) in [5.41, 5.74) is -0.348. The van der Waals surface area contributed by atoms with Crippen LogP contribution in [0.15, 0.2) is 0 Å². The topological polar surface area (TPSA) is 38.3 Å². The second-order valence-electron chi connectivity index (χ2n) is 5.00. The van der Waals surface area contributed by atoms with Crippen molar-refractivity contribution in [2.45, 2.75) is 45.6 Å². The molecule has 1 aliphatic heterocycles. The standard InChI is InChI=1S/C11H21NO2/c1-11(2,3)14-10(13)7-9-5-4-6-12-8-9/h9,12H,4-8H2,1-3H3/t9-/m1/s1. The summed E-state index contributed by atoms with van der Waals surface area (Å²) < 4.78 is 5.27. The van der Waals surface area contributed by atoms with E-state index >= 15 is 0 Å². The summed E-state index contributed by atoms with van der Waals surface area (Å²) in [5.74, 6) is 0.407. The van der Waals surface area contributed by atoms with Crippen LogP contribution in [0.2, 0.25) is 0 Å². The third kappa shape index (κ3) is 4.61. The maximum Gasteiger partial charge on any atom is 0.306 e. The van der Waals surface area contributed by atoms with E-state index in [0.717, 1.165) is 19.5 Å². The van der Waals surface area contributed by atoms with Gasteiger partial charge in [-0.1, -0.05) is 0 Å². The molecule has 3 heteroatoms. The van der Waals surface area contributed by atoms with Crippen LogP contribution in [0, 0.1) is 5.92 Å². The molecule has 0 bridgehead atoms. The van der Waals surface area contributed by atoms with Gasteiger partial charge in [-0.05, 0) is 52.6 Å². The Labute approximate surface area is 86.2 Å². The lowest BCUT2D eigenvalue weighted by atomic mass is 9.96. The lowest BCUT2D eigenvalue weighted by Crippen LogP contribution is -2.33. The molecule has 1 aliphatic rings. The van der Waals surface area contributed by atoms with Gasteiger partial charge in [0.15, 0.2) is 0 Å².